The number of hydrogen-bond donors (Lipinski definition) is 1. The van der Waals surface area contributed by atoms with Gasteiger partial charge in [0, 0.05) is 6.04 Å². The van der Waals surface area contributed by atoms with Crippen molar-refractivity contribution in [3.05, 3.63) is 35.4 Å². The highest BCUT2D eigenvalue weighted by Crippen LogP contribution is 2.49. The molecule has 2 aliphatic carbocycles. The summed E-state index contributed by atoms with van der Waals surface area (Å²) in [6.45, 7) is 6.68. The molecular formula is C20H29NO. The minimum Gasteiger partial charge on any atom is -0.353 e. The second-order valence-electron chi connectivity index (χ2n) is 8.22. The lowest BCUT2D eigenvalue weighted by molar-refractivity contribution is -0.124. The van der Waals surface area contributed by atoms with E-state index in [1.165, 1.54) is 30.4 Å². The van der Waals surface area contributed by atoms with Crippen molar-refractivity contribution in [3.63, 3.8) is 0 Å². The van der Waals surface area contributed by atoms with Gasteiger partial charge in [0.15, 0.2) is 0 Å². The molecule has 2 saturated carbocycles. The van der Waals surface area contributed by atoms with E-state index in [0.717, 1.165) is 25.7 Å². The molecular weight excluding hydrogens is 270 g/mol. The Bertz CT molecular complexity index is 528. The molecule has 0 bridgehead atoms. The Morgan fingerprint density at radius 3 is 2.14 bits per heavy atom. The number of nitrogens with one attached hydrogen (secondary N) is 1. The summed E-state index contributed by atoms with van der Waals surface area (Å²) in [7, 11) is 0. The molecule has 0 atom stereocenters. The summed E-state index contributed by atoms with van der Waals surface area (Å²) in [6.07, 6.45) is 8.17. The molecule has 3 rings (SSSR count). The maximum Gasteiger partial charge on any atom is 0.230 e. The second kappa shape index (κ2) is 5.72. The lowest BCUT2D eigenvalue weighted by atomic mass is 9.84. The Kier molecular flexibility index (Phi) is 4.05. The van der Waals surface area contributed by atoms with E-state index in [1.807, 2.05) is 0 Å². The summed E-state index contributed by atoms with van der Waals surface area (Å²) in [4.78, 5) is 12.8. The highest BCUT2D eigenvalue weighted by Gasteiger charge is 2.51. The number of hydrogen-bond acceptors (Lipinski definition) is 1. The molecule has 0 saturated heterocycles. The summed E-state index contributed by atoms with van der Waals surface area (Å²) in [5.74, 6) is 0.267. The lowest BCUT2D eigenvalue weighted by Gasteiger charge is -2.26. The number of benzene rings is 1. The van der Waals surface area contributed by atoms with Crippen molar-refractivity contribution in [1.29, 1.82) is 0 Å². The van der Waals surface area contributed by atoms with Gasteiger partial charge in [-0.1, -0.05) is 64.3 Å². The van der Waals surface area contributed by atoms with Crippen LogP contribution in [0.25, 0.3) is 0 Å². The Hall–Kier alpha value is -1.31. The molecule has 1 aromatic carbocycles. The van der Waals surface area contributed by atoms with Crippen LogP contribution in [-0.4, -0.2) is 11.9 Å². The number of amides is 1. The van der Waals surface area contributed by atoms with Crippen LogP contribution in [0.3, 0.4) is 0 Å². The predicted octanol–water partition coefficient (Wildman–Crippen LogP) is 4.46. The maximum atomic E-state index is 12.8. The van der Waals surface area contributed by atoms with Crippen LogP contribution >= 0.6 is 0 Å². The van der Waals surface area contributed by atoms with Crippen LogP contribution in [0.1, 0.15) is 76.8 Å². The van der Waals surface area contributed by atoms with Gasteiger partial charge in [0.05, 0.1) is 5.41 Å². The average molecular weight is 299 g/mol. The third-order valence-electron chi connectivity index (χ3n) is 5.43. The highest BCUT2D eigenvalue weighted by molar-refractivity contribution is 5.91. The zero-order chi connectivity index (χ0) is 15.8. The van der Waals surface area contributed by atoms with Crippen LogP contribution in [0, 0.1) is 0 Å². The number of carbonyl (C=O) groups excluding carboxylic acids is 1. The molecule has 2 fully saturated rings. The number of rotatable bonds is 3. The summed E-state index contributed by atoms with van der Waals surface area (Å²) >= 11 is 0. The maximum absolute atomic E-state index is 12.8. The lowest BCUT2D eigenvalue weighted by Crippen LogP contribution is -2.42. The molecule has 1 N–H and O–H groups in total. The summed E-state index contributed by atoms with van der Waals surface area (Å²) in [6, 6.07) is 9.15. The number of carbonyl (C=O) groups is 1. The van der Waals surface area contributed by atoms with Crippen LogP contribution in [0.5, 0.6) is 0 Å². The van der Waals surface area contributed by atoms with Gasteiger partial charge in [-0.25, -0.2) is 0 Å². The monoisotopic (exact) mass is 299 g/mol. The molecule has 120 valence electrons. The normalized spacial score (nSPS) is 21.4. The fraction of sp³-hybridized carbons (Fsp3) is 0.650. The summed E-state index contributed by atoms with van der Waals surface area (Å²) in [5.41, 5.74) is 2.47. The van der Waals surface area contributed by atoms with Crippen molar-refractivity contribution < 1.29 is 4.79 Å². The van der Waals surface area contributed by atoms with Gasteiger partial charge in [-0.3, -0.25) is 4.79 Å². The third-order valence-corrected chi connectivity index (χ3v) is 5.43. The molecule has 2 aliphatic rings. The van der Waals surface area contributed by atoms with Crippen molar-refractivity contribution in [3.8, 4) is 0 Å². The molecule has 0 aromatic heterocycles. The van der Waals surface area contributed by atoms with Crippen LogP contribution in [-0.2, 0) is 15.6 Å². The Morgan fingerprint density at radius 1 is 1.05 bits per heavy atom. The van der Waals surface area contributed by atoms with Crippen LogP contribution in [0.15, 0.2) is 24.3 Å². The van der Waals surface area contributed by atoms with E-state index in [0.29, 0.717) is 6.04 Å². The van der Waals surface area contributed by atoms with E-state index < -0.39 is 0 Å². The first kappa shape index (κ1) is 15.6. The van der Waals surface area contributed by atoms with E-state index in [1.54, 1.807) is 0 Å². The SMILES string of the molecule is CC(C)(C)c1ccc(C2(C(=O)NC3CCCCC3)CC2)cc1. The smallest absolute Gasteiger partial charge is 0.230 e. The third kappa shape index (κ3) is 3.06. The van der Waals surface area contributed by atoms with Gasteiger partial charge in [0.25, 0.3) is 0 Å². The minimum atomic E-state index is -0.228. The molecule has 0 heterocycles. The molecule has 2 heteroatoms. The fourth-order valence-electron chi connectivity index (χ4n) is 3.63. The Labute approximate surface area is 134 Å². The Balaban J connectivity index is 1.71. The van der Waals surface area contributed by atoms with E-state index >= 15 is 0 Å². The molecule has 0 unspecified atom stereocenters. The van der Waals surface area contributed by atoms with Crippen molar-refractivity contribution >= 4 is 5.91 Å². The molecule has 1 aromatic rings. The Morgan fingerprint density at radius 2 is 1.64 bits per heavy atom. The van der Waals surface area contributed by atoms with Crippen LogP contribution in [0.2, 0.25) is 0 Å². The van der Waals surface area contributed by atoms with Gasteiger partial charge >= 0.3 is 0 Å². The topological polar surface area (TPSA) is 29.1 Å². The van der Waals surface area contributed by atoms with Gasteiger partial charge in [-0.2, -0.15) is 0 Å². The summed E-state index contributed by atoms with van der Waals surface area (Å²) < 4.78 is 0. The van der Waals surface area contributed by atoms with Crippen molar-refractivity contribution in [2.45, 2.75) is 82.6 Å². The van der Waals surface area contributed by atoms with E-state index in [2.05, 4.69) is 50.4 Å². The van der Waals surface area contributed by atoms with E-state index in [9.17, 15) is 4.79 Å². The molecule has 0 radical (unpaired) electrons. The van der Waals surface area contributed by atoms with Crippen molar-refractivity contribution in [1.82, 2.24) is 5.32 Å². The molecule has 22 heavy (non-hydrogen) atoms. The average Bonchev–Trinajstić information content (AvgIpc) is 3.29. The first-order chi connectivity index (χ1) is 10.4. The summed E-state index contributed by atoms with van der Waals surface area (Å²) in [5, 5.41) is 3.33. The van der Waals surface area contributed by atoms with Crippen LogP contribution in [0.4, 0.5) is 0 Å². The largest absolute Gasteiger partial charge is 0.353 e. The van der Waals surface area contributed by atoms with Crippen LogP contribution < -0.4 is 5.32 Å². The molecule has 0 aliphatic heterocycles. The zero-order valence-electron chi connectivity index (χ0n) is 14.2. The zero-order valence-corrected chi connectivity index (χ0v) is 14.2. The quantitative estimate of drug-likeness (QED) is 0.877. The predicted molar refractivity (Wildman–Crippen MR) is 91.1 cm³/mol. The van der Waals surface area contributed by atoms with Crippen molar-refractivity contribution in [2.24, 2.45) is 0 Å². The molecule has 1 amide bonds. The van der Waals surface area contributed by atoms with Gasteiger partial charge < -0.3 is 5.32 Å². The van der Waals surface area contributed by atoms with Gasteiger partial charge in [-0.15, -0.1) is 0 Å². The first-order valence-electron chi connectivity index (χ1n) is 8.84. The fourth-order valence-corrected chi connectivity index (χ4v) is 3.63. The van der Waals surface area contributed by atoms with E-state index in [4.69, 9.17) is 0 Å². The molecule has 2 nitrogen and oxygen atoms in total. The van der Waals surface area contributed by atoms with Gasteiger partial charge in [-0.05, 0) is 42.2 Å². The van der Waals surface area contributed by atoms with Crippen molar-refractivity contribution in [2.75, 3.05) is 0 Å². The van der Waals surface area contributed by atoms with Gasteiger partial charge in [0.1, 0.15) is 0 Å². The first-order valence-corrected chi connectivity index (χ1v) is 8.84. The minimum absolute atomic E-state index is 0.166. The second-order valence-corrected chi connectivity index (χ2v) is 8.22. The standard InChI is InChI=1S/C20H29NO/c1-19(2,3)15-9-11-16(12-10-15)20(13-14-20)18(22)21-17-7-5-4-6-8-17/h9-12,17H,4-8,13-14H2,1-3H3,(H,21,22). The highest BCUT2D eigenvalue weighted by atomic mass is 16.2. The van der Waals surface area contributed by atoms with Gasteiger partial charge in [0.2, 0.25) is 5.91 Å². The van der Waals surface area contributed by atoms with E-state index in [-0.39, 0.29) is 16.7 Å². The molecule has 0 spiro atoms.